The first-order valence-electron chi connectivity index (χ1n) is 11.2. The lowest BCUT2D eigenvalue weighted by molar-refractivity contribution is 0.0734. The molecule has 1 aliphatic rings. The van der Waals surface area contributed by atoms with E-state index >= 15 is 0 Å². The molecule has 150 valence electrons. The predicted molar refractivity (Wildman–Crippen MR) is 116 cm³/mol. The van der Waals surface area contributed by atoms with Gasteiger partial charge in [-0.2, -0.15) is 0 Å². The minimum Gasteiger partial charge on any atom is -0.423 e. The number of esters is 1. The lowest BCUT2D eigenvalue weighted by Gasteiger charge is -2.22. The fraction of sp³-hybridized carbons (Fsp3) is 0.500. The van der Waals surface area contributed by atoms with Gasteiger partial charge in [-0.15, -0.1) is 0 Å². The highest BCUT2D eigenvalue weighted by molar-refractivity contribution is 5.91. The Bertz CT molecular complexity index is 709. The zero-order valence-electron chi connectivity index (χ0n) is 17.3. The molecule has 0 N–H and O–H groups in total. The van der Waals surface area contributed by atoms with Crippen molar-refractivity contribution in [1.29, 1.82) is 0 Å². The van der Waals surface area contributed by atoms with Crippen LogP contribution >= 0.6 is 0 Å². The molecule has 0 unspecified atom stereocenters. The molecule has 28 heavy (non-hydrogen) atoms. The van der Waals surface area contributed by atoms with Crippen molar-refractivity contribution < 1.29 is 9.53 Å². The van der Waals surface area contributed by atoms with E-state index < -0.39 is 0 Å². The molecule has 0 aliphatic heterocycles. The maximum absolute atomic E-state index is 12.4. The van der Waals surface area contributed by atoms with Gasteiger partial charge in [0.25, 0.3) is 0 Å². The summed E-state index contributed by atoms with van der Waals surface area (Å²) in [4.78, 5) is 12.4. The molecule has 1 aliphatic carbocycles. The number of unbranched alkanes of at least 4 members (excludes halogenated alkanes) is 4. The van der Waals surface area contributed by atoms with Crippen molar-refractivity contribution in [3.05, 3.63) is 65.2 Å². The van der Waals surface area contributed by atoms with Crippen LogP contribution in [-0.4, -0.2) is 5.97 Å². The van der Waals surface area contributed by atoms with E-state index in [0.29, 0.717) is 17.2 Å². The van der Waals surface area contributed by atoms with Crippen molar-refractivity contribution >= 4 is 5.97 Å². The summed E-state index contributed by atoms with van der Waals surface area (Å²) in [7, 11) is 0. The fourth-order valence-corrected chi connectivity index (χ4v) is 4.15. The van der Waals surface area contributed by atoms with Crippen molar-refractivity contribution in [2.24, 2.45) is 0 Å². The summed E-state index contributed by atoms with van der Waals surface area (Å²) < 4.78 is 5.57. The monoisotopic (exact) mass is 378 g/mol. The molecule has 0 radical (unpaired) electrons. The highest BCUT2D eigenvalue weighted by atomic mass is 16.5. The van der Waals surface area contributed by atoms with Crippen molar-refractivity contribution in [2.45, 2.75) is 83.5 Å². The topological polar surface area (TPSA) is 26.3 Å². The van der Waals surface area contributed by atoms with E-state index in [0.717, 1.165) is 6.42 Å². The first-order chi connectivity index (χ1) is 13.8. The molecular weight excluding hydrogens is 344 g/mol. The normalized spacial score (nSPS) is 14.8. The molecule has 0 heterocycles. The van der Waals surface area contributed by atoms with Crippen LogP contribution in [0.4, 0.5) is 0 Å². The summed E-state index contributed by atoms with van der Waals surface area (Å²) in [5.74, 6) is 1.03. The largest absolute Gasteiger partial charge is 0.423 e. The van der Waals surface area contributed by atoms with Crippen LogP contribution in [0, 0.1) is 0 Å². The van der Waals surface area contributed by atoms with Crippen LogP contribution in [0.3, 0.4) is 0 Å². The molecule has 1 fully saturated rings. The van der Waals surface area contributed by atoms with Gasteiger partial charge in [-0.25, -0.2) is 4.79 Å². The van der Waals surface area contributed by atoms with Gasteiger partial charge in [0.15, 0.2) is 0 Å². The Morgan fingerprint density at radius 3 is 2.21 bits per heavy atom. The zero-order valence-corrected chi connectivity index (χ0v) is 17.3. The highest BCUT2D eigenvalue weighted by Crippen LogP contribution is 2.33. The maximum atomic E-state index is 12.4. The summed E-state index contributed by atoms with van der Waals surface area (Å²) in [6.07, 6.45) is 14.1. The molecular formula is C26H34O2. The van der Waals surface area contributed by atoms with Gasteiger partial charge in [0.1, 0.15) is 5.75 Å². The molecule has 0 bridgehead atoms. The number of rotatable bonds is 9. The molecule has 0 atom stereocenters. The van der Waals surface area contributed by atoms with Gasteiger partial charge in [0.05, 0.1) is 5.56 Å². The highest BCUT2D eigenvalue weighted by Gasteiger charge is 2.16. The Hall–Kier alpha value is -2.09. The third kappa shape index (κ3) is 6.22. The first-order valence-corrected chi connectivity index (χ1v) is 11.2. The van der Waals surface area contributed by atoms with Crippen LogP contribution in [0.25, 0.3) is 0 Å². The summed E-state index contributed by atoms with van der Waals surface area (Å²) in [6.45, 7) is 2.24. The van der Waals surface area contributed by atoms with Crippen LogP contribution < -0.4 is 4.74 Å². The smallest absolute Gasteiger partial charge is 0.343 e. The fourth-order valence-electron chi connectivity index (χ4n) is 4.15. The molecule has 0 saturated heterocycles. The molecule has 2 aromatic rings. The van der Waals surface area contributed by atoms with E-state index in [9.17, 15) is 4.79 Å². The van der Waals surface area contributed by atoms with E-state index in [1.54, 1.807) is 0 Å². The molecule has 0 spiro atoms. The van der Waals surface area contributed by atoms with Crippen molar-refractivity contribution in [3.8, 4) is 5.75 Å². The van der Waals surface area contributed by atoms with Crippen LogP contribution in [-0.2, 0) is 6.42 Å². The van der Waals surface area contributed by atoms with Crippen molar-refractivity contribution in [1.82, 2.24) is 0 Å². The Morgan fingerprint density at radius 1 is 0.857 bits per heavy atom. The Labute approximate surface area is 170 Å². The number of hydrogen-bond acceptors (Lipinski definition) is 2. The number of carbonyl (C=O) groups is 1. The van der Waals surface area contributed by atoms with Crippen molar-refractivity contribution in [2.75, 3.05) is 0 Å². The van der Waals surface area contributed by atoms with Crippen LogP contribution in [0.15, 0.2) is 48.5 Å². The van der Waals surface area contributed by atoms with E-state index in [2.05, 4.69) is 31.2 Å². The maximum Gasteiger partial charge on any atom is 0.343 e. The SMILES string of the molecule is CCCCCCCc1ccc(C(=O)Oc2ccc(C3CCCCC3)cc2)cc1. The molecule has 2 aromatic carbocycles. The van der Waals surface area contributed by atoms with Gasteiger partial charge in [-0.1, -0.05) is 76.1 Å². The average Bonchev–Trinajstić information content (AvgIpc) is 2.75. The van der Waals surface area contributed by atoms with Gasteiger partial charge < -0.3 is 4.74 Å². The molecule has 2 nitrogen and oxygen atoms in total. The Kier molecular flexibility index (Phi) is 8.14. The van der Waals surface area contributed by atoms with Gasteiger partial charge in [0, 0.05) is 0 Å². The minimum absolute atomic E-state index is 0.278. The number of ether oxygens (including phenoxy) is 1. The van der Waals surface area contributed by atoms with Gasteiger partial charge in [-0.3, -0.25) is 0 Å². The van der Waals surface area contributed by atoms with Gasteiger partial charge in [0.2, 0.25) is 0 Å². The predicted octanol–water partition coefficient (Wildman–Crippen LogP) is 7.47. The lowest BCUT2D eigenvalue weighted by atomic mass is 9.84. The first kappa shape index (κ1) is 20.6. The summed E-state index contributed by atoms with van der Waals surface area (Å²) >= 11 is 0. The minimum atomic E-state index is -0.278. The van der Waals surface area contributed by atoms with E-state index in [-0.39, 0.29) is 5.97 Å². The van der Waals surface area contributed by atoms with E-state index in [4.69, 9.17) is 4.74 Å². The lowest BCUT2D eigenvalue weighted by Crippen LogP contribution is -2.09. The van der Waals surface area contributed by atoms with Gasteiger partial charge >= 0.3 is 5.97 Å². The van der Waals surface area contributed by atoms with E-state index in [1.807, 2.05) is 24.3 Å². The third-order valence-electron chi connectivity index (χ3n) is 5.93. The summed E-state index contributed by atoms with van der Waals surface area (Å²) in [6, 6.07) is 16.0. The second-order valence-electron chi connectivity index (χ2n) is 8.15. The molecule has 2 heteroatoms. The third-order valence-corrected chi connectivity index (χ3v) is 5.93. The number of benzene rings is 2. The Morgan fingerprint density at radius 2 is 1.54 bits per heavy atom. The number of carbonyl (C=O) groups excluding carboxylic acids is 1. The van der Waals surface area contributed by atoms with E-state index in [1.165, 1.54) is 75.3 Å². The summed E-state index contributed by atoms with van der Waals surface area (Å²) in [5, 5.41) is 0. The number of aryl methyl sites for hydroxylation is 1. The molecule has 3 rings (SSSR count). The average molecular weight is 379 g/mol. The Balaban J connectivity index is 1.48. The van der Waals surface area contributed by atoms with Crippen LogP contribution in [0.5, 0.6) is 5.75 Å². The van der Waals surface area contributed by atoms with Crippen LogP contribution in [0.1, 0.15) is 98.5 Å². The molecule has 0 aromatic heterocycles. The van der Waals surface area contributed by atoms with Gasteiger partial charge in [-0.05, 0) is 67.0 Å². The summed E-state index contributed by atoms with van der Waals surface area (Å²) in [5.41, 5.74) is 3.29. The van der Waals surface area contributed by atoms with Crippen molar-refractivity contribution in [3.63, 3.8) is 0 Å². The zero-order chi connectivity index (χ0) is 19.6. The second-order valence-corrected chi connectivity index (χ2v) is 8.15. The quantitative estimate of drug-likeness (QED) is 0.257. The molecule has 0 amide bonds. The number of hydrogen-bond donors (Lipinski definition) is 0. The second kappa shape index (κ2) is 11.0. The molecule has 1 saturated carbocycles. The van der Waals surface area contributed by atoms with Crippen LogP contribution in [0.2, 0.25) is 0 Å². The standard InChI is InChI=1S/C26H34O2/c1-2-3-4-5-7-10-21-13-15-24(16-14-21)26(27)28-25-19-17-23(18-20-25)22-11-8-6-9-12-22/h13-20,22H,2-12H2,1H3.